The number of amides is 3. The molecule has 0 fully saturated rings. The van der Waals surface area contributed by atoms with Crippen molar-refractivity contribution < 1.29 is 29.0 Å². The highest BCUT2D eigenvalue weighted by molar-refractivity contribution is 5.82. The Kier molecular flexibility index (Phi) is 12.0. The van der Waals surface area contributed by atoms with Gasteiger partial charge in [-0.2, -0.15) is 0 Å². The normalized spacial score (nSPS) is 11.9. The Labute approximate surface area is 195 Å². The second-order valence-electron chi connectivity index (χ2n) is 9.14. The van der Waals surface area contributed by atoms with Gasteiger partial charge in [-0.1, -0.05) is 19.1 Å². The van der Waals surface area contributed by atoms with E-state index in [4.69, 9.17) is 4.74 Å². The first-order valence-corrected chi connectivity index (χ1v) is 11.2. The zero-order chi connectivity index (χ0) is 24.9. The summed E-state index contributed by atoms with van der Waals surface area (Å²) in [4.78, 5) is 47.3. The van der Waals surface area contributed by atoms with Crippen LogP contribution >= 0.6 is 0 Å². The largest absolute Gasteiger partial charge is 0.508 e. The third-order valence-electron chi connectivity index (χ3n) is 4.57. The molecule has 9 nitrogen and oxygen atoms in total. The predicted molar refractivity (Wildman–Crippen MR) is 125 cm³/mol. The number of phenols is 1. The smallest absolute Gasteiger partial charge is 0.408 e. The van der Waals surface area contributed by atoms with Crippen LogP contribution in [0.15, 0.2) is 24.3 Å². The van der Waals surface area contributed by atoms with E-state index in [-0.39, 0.29) is 42.2 Å². The number of carbonyl (C=O) groups excluding carboxylic acids is 4. The van der Waals surface area contributed by atoms with Gasteiger partial charge in [-0.15, -0.1) is 0 Å². The first kappa shape index (κ1) is 27.9. The van der Waals surface area contributed by atoms with Gasteiger partial charge >= 0.3 is 6.09 Å². The van der Waals surface area contributed by atoms with E-state index in [9.17, 15) is 24.3 Å². The summed E-state index contributed by atoms with van der Waals surface area (Å²) in [6.07, 6.45) is 1.45. The minimum Gasteiger partial charge on any atom is -0.508 e. The molecule has 1 aromatic carbocycles. The maximum absolute atomic E-state index is 12.0. The predicted octanol–water partition coefficient (Wildman–Crippen LogP) is 2.46. The van der Waals surface area contributed by atoms with Crippen molar-refractivity contribution in [1.82, 2.24) is 16.0 Å². The van der Waals surface area contributed by atoms with E-state index < -0.39 is 11.7 Å². The van der Waals surface area contributed by atoms with Gasteiger partial charge in [0.1, 0.15) is 17.1 Å². The number of hydrogen-bond acceptors (Lipinski definition) is 6. The Balaban J connectivity index is 2.10. The minimum absolute atomic E-state index is 0.0559. The molecule has 0 radical (unpaired) electrons. The molecule has 1 aromatic rings. The van der Waals surface area contributed by atoms with E-state index in [1.54, 1.807) is 45.0 Å². The first-order valence-electron chi connectivity index (χ1n) is 11.2. The Bertz CT molecular complexity index is 804. The lowest BCUT2D eigenvalue weighted by Crippen LogP contribution is -2.40. The maximum Gasteiger partial charge on any atom is 0.408 e. The number of ketones is 1. The van der Waals surface area contributed by atoms with Crippen molar-refractivity contribution in [2.45, 2.75) is 65.4 Å². The van der Waals surface area contributed by atoms with Crippen LogP contribution in [0, 0.1) is 5.92 Å². The summed E-state index contributed by atoms with van der Waals surface area (Å²) < 4.78 is 5.06. The van der Waals surface area contributed by atoms with E-state index >= 15 is 0 Å². The first-order chi connectivity index (χ1) is 15.4. The quantitative estimate of drug-likeness (QED) is 0.332. The molecule has 3 amide bonds. The van der Waals surface area contributed by atoms with E-state index in [1.165, 1.54) is 0 Å². The minimum atomic E-state index is -0.650. The molecule has 4 N–H and O–H groups in total. The summed E-state index contributed by atoms with van der Waals surface area (Å²) in [5.41, 5.74) is 0.142. The average Bonchev–Trinajstić information content (AvgIpc) is 2.71. The Morgan fingerprint density at radius 3 is 2.42 bits per heavy atom. The van der Waals surface area contributed by atoms with Crippen LogP contribution in [-0.2, 0) is 25.5 Å². The van der Waals surface area contributed by atoms with Crippen molar-refractivity contribution in [2.24, 2.45) is 5.92 Å². The molecule has 0 heterocycles. The fraction of sp³-hybridized carbons (Fsp3) is 0.583. The van der Waals surface area contributed by atoms with Gasteiger partial charge < -0.3 is 25.8 Å². The van der Waals surface area contributed by atoms with Crippen LogP contribution in [0.1, 0.15) is 58.9 Å². The molecule has 1 unspecified atom stereocenters. The Morgan fingerprint density at radius 2 is 1.76 bits per heavy atom. The van der Waals surface area contributed by atoms with Crippen molar-refractivity contribution in [3.63, 3.8) is 0 Å². The van der Waals surface area contributed by atoms with Crippen molar-refractivity contribution in [1.29, 1.82) is 0 Å². The molecule has 0 bridgehead atoms. The van der Waals surface area contributed by atoms with Gasteiger partial charge in [-0.3, -0.25) is 14.4 Å². The van der Waals surface area contributed by atoms with Crippen LogP contribution in [-0.4, -0.2) is 54.0 Å². The van der Waals surface area contributed by atoms with E-state index in [1.807, 2.05) is 6.92 Å². The third-order valence-corrected chi connectivity index (χ3v) is 4.57. The summed E-state index contributed by atoms with van der Waals surface area (Å²) in [7, 11) is 0. The molecule has 0 aliphatic rings. The van der Waals surface area contributed by atoms with E-state index in [0.29, 0.717) is 38.8 Å². The van der Waals surface area contributed by atoms with Crippen LogP contribution in [0.2, 0.25) is 0 Å². The van der Waals surface area contributed by atoms with Gasteiger partial charge in [0.2, 0.25) is 11.8 Å². The second-order valence-corrected chi connectivity index (χ2v) is 9.14. The fourth-order valence-corrected chi connectivity index (χ4v) is 2.88. The maximum atomic E-state index is 12.0. The average molecular weight is 464 g/mol. The van der Waals surface area contributed by atoms with E-state index in [0.717, 1.165) is 5.56 Å². The number of alkyl carbamates (subject to hydrolysis) is 1. The van der Waals surface area contributed by atoms with Crippen molar-refractivity contribution in [3.05, 3.63) is 29.8 Å². The highest BCUT2D eigenvalue weighted by Crippen LogP contribution is 2.12. The zero-order valence-electron chi connectivity index (χ0n) is 20.0. The lowest BCUT2D eigenvalue weighted by Gasteiger charge is -2.19. The molecule has 0 aliphatic heterocycles. The third kappa shape index (κ3) is 14.6. The summed E-state index contributed by atoms with van der Waals surface area (Å²) in [6, 6.07) is 6.62. The summed E-state index contributed by atoms with van der Waals surface area (Å²) >= 11 is 0. The van der Waals surface area contributed by atoms with Crippen LogP contribution in [0.3, 0.4) is 0 Å². The number of hydrogen-bond donors (Lipinski definition) is 4. The summed E-state index contributed by atoms with van der Waals surface area (Å²) in [5, 5.41) is 17.3. The van der Waals surface area contributed by atoms with Gasteiger partial charge in [0.15, 0.2) is 0 Å². The standard InChI is InChI=1S/C24H37N3O6/c1-17(15-26-22(31)16-27-23(32)33-24(2,3)4)10-11-21(30)25-12-6-9-20(29)14-18-7-5-8-19(28)13-18/h5,7-8,13,17,28H,6,9-12,14-16H2,1-4H3,(H,25,30)(H,26,31)(H,27,32). The van der Waals surface area contributed by atoms with Crippen LogP contribution in [0.5, 0.6) is 5.75 Å². The summed E-state index contributed by atoms with van der Waals surface area (Å²) in [5.74, 6) is -0.142. The second kappa shape index (κ2) is 14.1. The molecular weight excluding hydrogens is 426 g/mol. The van der Waals surface area contributed by atoms with Gasteiger partial charge in [-0.25, -0.2) is 4.79 Å². The molecule has 0 aliphatic carbocycles. The van der Waals surface area contributed by atoms with Crippen LogP contribution in [0.4, 0.5) is 4.79 Å². The SMILES string of the molecule is CC(CCC(=O)NCCCC(=O)Cc1cccc(O)c1)CNC(=O)CNC(=O)OC(C)(C)C. The monoisotopic (exact) mass is 463 g/mol. The number of benzene rings is 1. The molecule has 1 atom stereocenters. The molecular formula is C24H37N3O6. The number of carbonyl (C=O) groups is 4. The lowest BCUT2D eigenvalue weighted by molar-refractivity contribution is -0.122. The van der Waals surface area contributed by atoms with Gasteiger partial charge in [0.25, 0.3) is 0 Å². The zero-order valence-corrected chi connectivity index (χ0v) is 20.0. The van der Waals surface area contributed by atoms with Crippen LogP contribution in [0.25, 0.3) is 0 Å². The highest BCUT2D eigenvalue weighted by Gasteiger charge is 2.16. The Hall–Kier alpha value is -3.10. The lowest BCUT2D eigenvalue weighted by atomic mass is 10.0. The summed E-state index contributed by atoms with van der Waals surface area (Å²) in [6.45, 7) is 7.79. The number of rotatable bonds is 13. The van der Waals surface area contributed by atoms with Crippen LogP contribution < -0.4 is 16.0 Å². The van der Waals surface area contributed by atoms with Gasteiger partial charge in [0.05, 0.1) is 6.54 Å². The molecule has 9 heteroatoms. The van der Waals surface area contributed by atoms with Gasteiger partial charge in [-0.05, 0) is 57.2 Å². The molecule has 0 spiro atoms. The van der Waals surface area contributed by atoms with Crippen molar-refractivity contribution >= 4 is 23.7 Å². The number of ether oxygens (including phenoxy) is 1. The molecule has 0 aromatic heterocycles. The Morgan fingerprint density at radius 1 is 1.03 bits per heavy atom. The molecule has 0 saturated carbocycles. The number of aromatic hydroxyl groups is 1. The van der Waals surface area contributed by atoms with Crippen molar-refractivity contribution in [2.75, 3.05) is 19.6 Å². The molecule has 0 saturated heterocycles. The molecule has 33 heavy (non-hydrogen) atoms. The number of Topliss-reactive ketones (excluding diaryl/α,β-unsaturated/α-hetero) is 1. The van der Waals surface area contributed by atoms with Crippen molar-refractivity contribution in [3.8, 4) is 5.75 Å². The molecule has 1 rings (SSSR count). The van der Waals surface area contributed by atoms with E-state index in [2.05, 4.69) is 16.0 Å². The molecule has 184 valence electrons. The fourth-order valence-electron chi connectivity index (χ4n) is 2.88. The number of phenolic OH excluding ortho intramolecular Hbond substituents is 1. The number of nitrogens with one attached hydrogen (secondary N) is 3. The van der Waals surface area contributed by atoms with Gasteiger partial charge in [0, 0.05) is 32.4 Å². The highest BCUT2D eigenvalue weighted by atomic mass is 16.6. The topological polar surface area (TPSA) is 134 Å².